The van der Waals surface area contributed by atoms with Crippen molar-refractivity contribution in [2.45, 2.75) is 65.0 Å². The maximum Gasteiger partial charge on any atom is 0.0547 e. The Kier molecular flexibility index (Phi) is 5.67. The van der Waals surface area contributed by atoms with E-state index in [1.807, 2.05) is 0 Å². The molecule has 3 nitrogen and oxygen atoms in total. The first kappa shape index (κ1) is 15.3. The molecule has 2 saturated heterocycles. The Morgan fingerprint density at radius 1 is 1.32 bits per heavy atom. The van der Waals surface area contributed by atoms with E-state index in [1.54, 1.807) is 0 Å². The molecule has 3 unspecified atom stereocenters. The summed E-state index contributed by atoms with van der Waals surface area (Å²) in [4.78, 5) is 2.77. The molecule has 0 aromatic heterocycles. The Balaban J connectivity index is 1.95. The topological polar surface area (TPSA) is 24.5 Å². The van der Waals surface area contributed by atoms with Gasteiger partial charge in [0.25, 0.3) is 0 Å². The molecule has 2 fully saturated rings. The molecule has 0 aromatic rings. The Bertz CT molecular complexity index is 263. The minimum absolute atomic E-state index is 0.362. The van der Waals surface area contributed by atoms with Gasteiger partial charge in [-0.25, -0.2) is 0 Å². The first-order chi connectivity index (χ1) is 9.21. The van der Waals surface area contributed by atoms with Crippen molar-refractivity contribution < 1.29 is 4.74 Å². The van der Waals surface area contributed by atoms with Crippen LogP contribution in [0, 0.1) is 5.41 Å². The lowest BCUT2D eigenvalue weighted by Crippen LogP contribution is -2.48. The van der Waals surface area contributed by atoms with Gasteiger partial charge in [-0.15, -0.1) is 0 Å². The second-order valence-corrected chi connectivity index (χ2v) is 6.64. The van der Waals surface area contributed by atoms with Crippen molar-refractivity contribution in [3.8, 4) is 0 Å². The highest BCUT2D eigenvalue weighted by atomic mass is 16.5. The Hall–Kier alpha value is -0.120. The Labute approximate surface area is 119 Å². The zero-order chi connectivity index (χ0) is 13.7. The molecule has 0 aliphatic carbocycles. The molecule has 112 valence electrons. The van der Waals surface area contributed by atoms with Crippen LogP contribution in [0.15, 0.2) is 0 Å². The van der Waals surface area contributed by atoms with Crippen LogP contribution < -0.4 is 5.32 Å². The molecule has 0 spiro atoms. The number of rotatable bonds is 7. The molecular weight excluding hydrogens is 236 g/mol. The van der Waals surface area contributed by atoms with Crippen molar-refractivity contribution in [2.24, 2.45) is 5.41 Å². The van der Waals surface area contributed by atoms with Crippen LogP contribution in [0.25, 0.3) is 0 Å². The maximum absolute atomic E-state index is 5.74. The molecule has 2 aliphatic rings. The van der Waals surface area contributed by atoms with Gasteiger partial charge in [0.1, 0.15) is 0 Å². The van der Waals surface area contributed by atoms with Gasteiger partial charge in [0.2, 0.25) is 0 Å². The summed E-state index contributed by atoms with van der Waals surface area (Å²) < 4.78 is 5.74. The quantitative estimate of drug-likeness (QED) is 0.718. The summed E-state index contributed by atoms with van der Waals surface area (Å²) in [5.41, 5.74) is 0.362. The molecule has 0 aromatic carbocycles. The monoisotopic (exact) mass is 268 g/mol. The molecule has 0 radical (unpaired) electrons. The number of likely N-dealkylation sites (tertiary alicyclic amines) is 1. The second-order valence-electron chi connectivity index (χ2n) is 6.64. The Morgan fingerprint density at radius 3 is 2.79 bits per heavy atom. The normalized spacial score (nSPS) is 36.2. The van der Waals surface area contributed by atoms with Crippen molar-refractivity contribution in [3.05, 3.63) is 0 Å². The first-order valence-electron chi connectivity index (χ1n) is 8.25. The summed E-state index contributed by atoms with van der Waals surface area (Å²) in [5.74, 6) is 0. The van der Waals surface area contributed by atoms with Crippen molar-refractivity contribution in [1.82, 2.24) is 10.2 Å². The number of ether oxygens (including phenoxy) is 1. The van der Waals surface area contributed by atoms with Gasteiger partial charge in [0.05, 0.1) is 6.61 Å². The van der Waals surface area contributed by atoms with Gasteiger partial charge in [-0.1, -0.05) is 13.8 Å². The molecular formula is C16H32N2O. The van der Waals surface area contributed by atoms with E-state index in [9.17, 15) is 0 Å². The van der Waals surface area contributed by atoms with Crippen LogP contribution >= 0.6 is 0 Å². The van der Waals surface area contributed by atoms with Gasteiger partial charge in [0.15, 0.2) is 0 Å². The third-order valence-electron chi connectivity index (χ3n) is 5.05. The highest BCUT2D eigenvalue weighted by Gasteiger charge is 2.40. The van der Waals surface area contributed by atoms with Crippen LogP contribution in [0.3, 0.4) is 0 Å². The molecule has 2 rings (SSSR count). The first-order valence-corrected chi connectivity index (χ1v) is 8.25. The van der Waals surface area contributed by atoms with Crippen molar-refractivity contribution in [2.75, 3.05) is 32.8 Å². The zero-order valence-electron chi connectivity index (χ0n) is 13.1. The molecule has 0 saturated carbocycles. The predicted octanol–water partition coefficient (Wildman–Crippen LogP) is 2.66. The highest BCUT2D eigenvalue weighted by Crippen LogP contribution is 2.34. The maximum atomic E-state index is 5.74. The van der Waals surface area contributed by atoms with Crippen LogP contribution in [-0.2, 0) is 4.74 Å². The van der Waals surface area contributed by atoms with Crippen LogP contribution in [0.1, 0.15) is 52.9 Å². The highest BCUT2D eigenvalue weighted by molar-refractivity contribution is 4.94. The second kappa shape index (κ2) is 7.05. The lowest BCUT2D eigenvalue weighted by Gasteiger charge is -2.37. The van der Waals surface area contributed by atoms with Crippen molar-refractivity contribution >= 4 is 0 Å². The number of nitrogens with zero attached hydrogens (tertiary/aromatic N) is 1. The molecule has 0 amide bonds. The van der Waals surface area contributed by atoms with Gasteiger partial charge in [0, 0.05) is 37.2 Å². The van der Waals surface area contributed by atoms with Gasteiger partial charge >= 0.3 is 0 Å². The van der Waals surface area contributed by atoms with Gasteiger partial charge in [-0.05, 0) is 45.6 Å². The fourth-order valence-corrected chi connectivity index (χ4v) is 3.74. The largest absolute Gasteiger partial charge is 0.381 e. The van der Waals surface area contributed by atoms with Crippen LogP contribution in [-0.4, -0.2) is 49.8 Å². The summed E-state index contributed by atoms with van der Waals surface area (Å²) in [6, 6.07) is 1.56. The summed E-state index contributed by atoms with van der Waals surface area (Å²) in [5, 5.41) is 3.63. The van der Waals surface area contributed by atoms with E-state index in [0.717, 1.165) is 38.4 Å². The predicted molar refractivity (Wildman–Crippen MR) is 80.5 cm³/mol. The smallest absolute Gasteiger partial charge is 0.0547 e. The SMILES string of the molecule is CCCNCC1(CN2C(C)CCC2CC)CCOC1. The van der Waals surface area contributed by atoms with Gasteiger partial charge in [-0.3, -0.25) is 4.90 Å². The van der Waals surface area contributed by atoms with E-state index >= 15 is 0 Å². The Morgan fingerprint density at radius 2 is 2.16 bits per heavy atom. The standard InChI is InChI=1S/C16H32N2O/c1-4-9-17-11-16(8-10-19-13-16)12-18-14(3)6-7-15(18)5-2/h14-15,17H,4-13H2,1-3H3. The van der Waals surface area contributed by atoms with Crippen LogP contribution in [0.4, 0.5) is 0 Å². The number of hydrogen-bond acceptors (Lipinski definition) is 3. The van der Waals surface area contributed by atoms with Gasteiger partial charge in [-0.2, -0.15) is 0 Å². The lowest BCUT2D eigenvalue weighted by molar-refractivity contribution is 0.0840. The van der Waals surface area contributed by atoms with Crippen LogP contribution in [0.2, 0.25) is 0 Å². The molecule has 2 aliphatic heterocycles. The van der Waals surface area contributed by atoms with E-state index in [4.69, 9.17) is 4.74 Å². The van der Waals surface area contributed by atoms with Crippen LogP contribution in [0.5, 0.6) is 0 Å². The lowest BCUT2D eigenvalue weighted by atomic mass is 9.85. The zero-order valence-corrected chi connectivity index (χ0v) is 13.1. The van der Waals surface area contributed by atoms with E-state index in [-0.39, 0.29) is 0 Å². The third-order valence-corrected chi connectivity index (χ3v) is 5.05. The molecule has 3 atom stereocenters. The number of nitrogens with one attached hydrogen (secondary N) is 1. The minimum atomic E-state index is 0.362. The van der Waals surface area contributed by atoms with E-state index in [1.165, 1.54) is 38.6 Å². The summed E-state index contributed by atoms with van der Waals surface area (Å²) in [7, 11) is 0. The molecule has 0 bridgehead atoms. The summed E-state index contributed by atoms with van der Waals surface area (Å²) in [6.07, 6.45) is 6.50. The fourth-order valence-electron chi connectivity index (χ4n) is 3.74. The van der Waals surface area contributed by atoms with Crippen molar-refractivity contribution in [3.63, 3.8) is 0 Å². The molecule has 1 N–H and O–H groups in total. The van der Waals surface area contributed by atoms with E-state index in [0.29, 0.717) is 5.41 Å². The average molecular weight is 268 g/mol. The fraction of sp³-hybridized carbons (Fsp3) is 1.00. The molecule has 19 heavy (non-hydrogen) atoms. The number of hydrogen-bond donors (Lipinski definition) is 1. The van der Waals surface area contributed by atoms with Crippen molar-refractivity contribution in [1.29, 1.82) is 0 Å². The third kappa shape index (κ3) is 3.71. The average Bonchev–Trinajstić information content (AvgIpc) is 3.00. The summed E-state index contributed by atoms with van der Waals surface area (Å²) >= 11 is 0. The summed E-state index contributed by atoms with van der Waals surface area (Å²) in [6.45, 7) is 12.4. The minimum Gasteiger partial charge on any atom is -0.381 e. The molecule has 3 heteroatoms. The van der Waals surface area contributed by atoms with E-state index < -0.39 is 0 Å². The molecule has 2 heterocycles. The van der Waals surface area contributed by atoms with E-state index in [2.05, 4.69) is 31.0 Å². The van der Waals surface area contributed by atoms with Gasteiger partial charge < -0.3 is 10.1 Å².